The molecule has 2 aromatic rings. The first-order valence-electron chi connectivity index (χ1n) is 10.8. The minimum atomic E-state index is -0.492. The number of pyridine rings is 1. The maximum atomic E-state index is 13.3. The number of carbonyl (C=O) groups excluding carboxylic acids is 1. The predicted octanol–water partition coefficient (Wildman–Crippen LogP) is 4.76. The number of hydrogen-bond acceptors (Lipinski definition) is 4. The van der Waals surface area contributed by atoms with Crippen molar-refractivity contribution in [2.45, 2.75) is 58.8 Å². The molecule has 5 nitrogen and oxygen atoms in total. The Morgan fingerprint density at radius 3 is 2.83 bits per heavy atom. The van der Waals surface area contributed by atoms with Gasteiger partial charge in [-0.25, -0.2) is 0 Å². The zero-order chi connectivity index (χ0) is 21.6. The zero-order valence-electron chi connectivity index (χ0n) is 18.2. The summed E-state index contributed by atoms with van der Waals surface area (Å²) in [7, 11) is 0. The first kappa shape index (κ1) is 21.9. The normalized spacial score (nSPS) is 18.6. The SMILES string of the molecule is C=CCC(=C)CCNC(=O)C1(C)CCCCc2c(C)nnc(-c3ccccn3)c2C1. The third-order valence-corrected chi connectivity index (χ3v) is 6.01. The van der Waals surface area contributed by atoms with E-state index in [0.717, 1.165) is 66.7 Å². The van der Waals surface area contributed by atoms with Crippen LogP contribution in [0, 0.1) is 12.3 Å². The van der Waals surface area contributed by atoms with Crippen molar-refractivity contribution in [2.24, 2.45) is 5.41 Å². The number of hydrogen-bond donors (Lipinski definition) is 1. The summed E-state index contributed by atoms with van der Waals surface area (Å²) in [5, 5.41) is 12.1. The Labute approximate surface area is 179 Å². The Morgan fingerprint density at radius 2 is 2.10 bits per heavy atom. The minimum Gasteiger partial charge on any atom is -0.355 e. The fraction of sp³-hybridized carbons (Fsp3) is 0.440. The summed E-state index contributed by atoms with van der Waals surface area (Å²) in [4.78, 5) is 17.8. The molecule has 0 spiro atoms. The first-order chi connectivity index (χ1) is 14.4. The molecule has 0 saturated carbocycles. The van der Waals surface area contributed by atoms with Crippen molar-refractivity contribution in [1.29, 1.82) is 0 Å². The molecule has 1 N–H and O–H groups in total. The average Bonchev–Trinajstić information content (AvgIpc) is 2.72. The van der Waals surface area contributed by atoms with E-state index in [0.29, 0.717) is 13.0 Å². The van der Waals surface area contributed by atoms with E-state index >= 15 is 0 Å². The predicted molar refractivity (Wildman–Crippen MR) is 121 cm³/mol. The topological polar surface area (TPSA) is 67.8 Å². The molecule has 1 atom stereocenters. The Bertz CT molecular complexity index is 922. The monoisotopic (exact) mass is 404 g/mol. The second kappa shape index (κ2) is 9.79. The van der Waals surface area contributed by atoms with E-state index in [9.17, 15) is 4.79 Å². The van der Waals surface area contributed by atoms with Crippen molar-refractivity contribution >= 4 is 5.91 Å². The summed E-state index contributed by atoms with van der Waals surface area (Å²) in [6.07, 6.45) is 9.70. The van der Waals surface area contributed by atoms with Crippen LogP contribution in [0.1, 0.15) is 55.8 Å². The maximum Gasteiger partial charge on any atom is 0.226 e. The smallest absolute Gasteiger partial charge is 0.226 e. The van der Waals surface area contributed by atoms with E-state index in [1.165, 1.54) is 5.56 Å². The van der Waals surface area contributed by atoms with Crippen LogP contribution >= 0.6 is 0 Å². The summed E-state index contributed by atoms with van der Waals surface area (Å²) in [5.41, 5.74) is 5.51. The summed E-state index contributed by atoms with van der Waals surface area (Å²) in [6, 6.07) is 5.81. The lowest BCUT2D eigenvalue weighted by molar-refractivity contribution is -0.130. The molecule has 0 saturated heterocycles. The number of allylic oxidation sites excluding steroid dienone is 1. The molecule has 0 aromatic carbocycles. The first-order valence-corrected chi connectivity index (χ1v) is 10.8. The average molecular weight is 405 g/mol. The summed E-state index contributed by atoms with van der Waals surface area (Å²) in [6.45, 7) is 12.5. The summed E-state index contributed by atoms with van der Waals surface area (Å²) < 4.78 is 0. The van der Waals surface area contributed by atoms with Crippen LogP contribution in [0.5, 0.6) is 0 Å². The van der Waals surface area contributed by atoms with Crippen LogP contribution in [-0.2, 0) is 17.6 Å². The highest BCUT2D eigenvalue weighted by Crippen LogP contribution is 2.37. The van der Waals surface area contributed by atoms with Gasteiger partial charge in [0.2, 0.25) is 5.91 Å². The van der Waals surface area contributed by atoms with E-state index in [2.05, 4.69) is 40.6 Å². The van der Waals surface area contributed by atoms with Crippen molar-refractivity contribution in [3.63, 3.8) is 0 Å². The van der Waals surface area contributed by atoms with Crippen LogP contribution in [0.3, 0.4) is 0 Å². The van der Waals surface area contributed by atoms with Crippen LogP contribution < -0.4 is 5.32 Å². The lowest BCUT2D eigenvalue weighted by Gasteiger charge is -2.32. The van der Waals surface area contributed by atoms with Gasteiger partial charge in [-0.2, -0.15) is 5.10 Å². The molecule has 2 heterocycles. The van der Waals surface area contributed by atoms with Gasteiger partial charge >= 0.3 is 0 Å². The van der Waals surface area contributed by atoms with Gasteiger partial charge in [-0.3, -0.25) is 9.78 Å². The number of amides is 1. The van der Waals surface area contributed by atoms with Crippen LogP contribution in [0.25, 0.3) is 11.4 Å². The second-order valence-corrected chi connectivity index (χ2v) is 8.50. The Kier molecular flexibility index (Phi) is 7.14. The number of nitrogens with zero attached hydrogens (tertiary/aromatic N) is 3. The standard InChI is InChI=1S/C25H32N4O/c1-5-10-18(2)13-16-27-24(30)25(4)14-8-6-11-20-19(3)28-29-23(21(20)17-25)22-12-7-9-15-26-22/h5,7,9,12,15H,1-2,6,8,10-11,13-14,16-17H2,3-4H3,(H,27,30). The summed E-state index contributed by atoms with van der Waals surface area (Å²) >= 11 is 0. The molecule has 30 heavy (non-hydrogen) atoms. The fourth-order valence-electron chi connectivity index (χ4n) is 4.20. The summed E-state index contributed by atoms with van der Waals surface area (Å²) in [5.74, 6) is 0.100. The number of aromatic nitrogens is 3. The number of nitrogens with one attached hydrogen (secondary N) is 1. The fourth-order valence-corrected chi connectivity index (χ4v) is 4.20. The number of carbonyl (C=O) groups is 1. The molecule has 5 heteroatoms. The van der Waals surface area contributed by atoms with Crippen molar-refractivity contribution < 1.29 is 4.79 Å². The molecular formula is C25H32N4O. The lowest BCUT2D eigenvalue weighted by atomic mass is 9.74. The molecule has 1 aliphatic carbocycles. The maximum absolute atomic E-state index is 13.3. The Hall–Kier alpha value is -2.82. The highest BCUT2D eigenvalue weighted by molar-refractivity contribution is 5.83. The van der Waals surface area contributed by atoms with E-state index in [-0.39, 0.29) is 5.91 Å². The van der Waals surface area contributed by atoms with Crippen LogP contribution in [0.15, 0.2) is 49.2 Å². The highest BCUT2D eigenvalue weighted by atomic mass is 16.2. The van der Waals surface area contributed by atoms with Gasteiger partial charge in [0.25, 0.3) is 0 Å². The molecule has 1 unspecified atom stereocenters. The molecule has 1 amide bonds. The van der Waals surface area contributed by atoms with E-state index in [1.54, 1.807) is 6.20 Å². The van der Waals surface area contributed by atoms with Gasteiger partial charge in [0.15, 0.2) is 0 Å². The highest BCUT2D eigenvalue weighted by Gasteiger charge is 2.36. The minimum absolute atomic E-state index is 0.100. The lowest BCUT2D eigenvalue weighted by Crippen LogP contribution is -2.42. The molecule has 2 aromatic heterocycles. The largest absolute Gasteiger partial charge is 0.355 e. The molecule has 3 rings (SSSR count). The van der Waals surface area contributed by atoms with Crippen molar-refractivity contribution in [1.82, 2.24) is 20.5 Å². The molecule has 0 bridgehead atoms. The van der Waals surface area contributed by atoms with E-state index in [4.69, 9.17) is 0 Å². The van der Waals surface area contributed by atoms with Gasteiger partial charge in [-0.1, -0.05) is 37.6 Å². The van der Waals surface area contributed by atoms with Crippen LogP contribution in [0.4, 0.5) is 0 Å². The molecular weight excluding hydrogens is 372 g/mol. The van der Waals surface area contributed by atoms with E-state index in [1.807, 2.05) is 31.2 Å². The van der Waals surface area contributed by atoms with E-state index < -0.39 is 5.41 Å². The Balaban J connectivity index is 1.88. The molecule has 0 aliphatic heterocycles. The molecule has 0 fully saturated rings. The third-order valence-electron chi connectivity index (χ3n) is 6.01. The quantitative estimate of drug-likeness (QED) is 0.676. The van der Waals surface area contributed by atoms with Crippen LogP contribution in [-0.4, -0.2) is 27.6 Å². The molecule has 1 aliphatic rings. The van der Waals surface area contributed by atoms with Gasteiger partial charge in [-0.05, 0) is 68.7 Å². The third kappa shape index (κ3) is 5.02. The molecule has 158 valence electrons. The second-order valence-electron chi connectivity index (χ2n) is 8.50. The van der Waals surface area contributed by atoms with Crippen molar-refractivity contribution in [3.05, 3.63) is 66.0 Å². The van der Waals surface area contributed by atoms with Gasteiger partial charge in [0.05, 0.1) is 16.8 Å². The van der Waals surface area contributed by atoms with Gasteiger partial charge in [0.1, 0.15) is 5.69 Å². The van der Waals surface area contributed by atoms with Gasteiger partial charge in [0, 0.05) is 12.7 Å². The number of aryl methyl sites for hydroxylation is 1. The van der Waals surface area contributed by atoms with Crippen molar-refractivity contribution in [3.8, 4) is 11.4 Å². The molecule has 0 radical (unpaired) electrons. The number of rotatable bonds is 7. The number of fused-ring (bicyclic) bond motifs is 1. The van der Waals surface area contributed by atoms with Gasteiger partial charge < -0.3 is 5.32 Å². The van der Waals surface area contributed by atoms with Gasteiger partial charge in [-0.15, -0.1) is 11.7 Å². The zero-order valence-corrected chi connectivity index (χ0v) is 18.2. The Morgan fingerprint density at radius 1 is 1.27 bits per heavy atom. The van der Waals surface area contributed by atoms with Crippen LogP contribution in [0.2, 0.25) is 0 Å². The van der Waals surface area contributed by atoms with Crippen molar-refractivity contribution in [2.75, 3.05) is 6.54 Å².